The first-order chi connectivity index (χ1) is 13.2. The molecule has 4 N–H and O–H groups in total. The third-order valence-electron chi connectivity index (χ3n) is 3.52. The summed E-state index contributed by atoms with van der Waals surface area (Å²) >= 11 is 0. The number of phenolic OH excluding ortho intramolecular Hbond substituents is 1. The molecule has 13 heteroatoms. The summed E-state index contributed by atoms with van der Waals surface area (Å²) in [7, 11) is -13.8. The number of hydrogen-bond acceptors (Lipinski definition) is 7. The third kappa shape index (κ3) is 5.50. The molecule has 3 aromatic rings. The van der Waals surface area contributed by atoms with Crippen LogP contribution >= 0.6 is 0 Å². The van der Waals surface area contributed by atoms with E-state index in [1.165, 1.54) is 30.3 Å². The number of rotatable bonds is 3. The van der Waals surface area contributed by atoms with Crippen molar-refractivity contribution in [2.24, 2.45) is 0 Å². The van der Waals surface area contributed by atoms with E-state index in [4.69, 9.17) is 13.7 Å². The molecule has 0 amide bonds. The van der Waals surface area contributed by atoms with Crippen molar-refractivity contribution in [3.63, 3.8) is 0 Å². The quantitative estimate of drug-likeness (QED) is 0.420. The summed E-state index contributed by atoms with van der Waals surface area (Å²) < 4.78 is 92.4. The summed E-state index contributed by atoms with van der Waals surface area (Å²) in [5, 5.41) is 9.47. The highest BCUT2D eigenvalue weighted by atomic mass is 32.2. The first-order valence-corrected chi connectivity index (χ1v) is 11.8. The van der Waals surface area contributed by atoms with Gasteiger partial charge in [-0.15, -0.1) is 0 Å². The predicted octanol–water partition coefficient (Wildman–Crippen LogP) is 1.97. The molecular formula is C16H14O10S3. The zero-order valence-corrected chi connectivity index (χ0v) is 16.7. The van der Waals surface area contributed by atoms with Crippen molar-refractivity contribution in [2.75, 3.05) is 0 Å². The van der Waals surface area contributed by atoms with Crippen LogP contribution in [0.1, 0.15) is 0 Å². The van der Waals surface area contributed by atoms with E-state index in [0.29, 0.717) is 0 Å². The molecule has 0 unspecified atom stereocenters. The standard InChI is InChI=1S/C10H8O7S2.C6H6O3S/c11-7-3-1-2-6-4-5-8(18(12,13)14)10(9(6)7)19(15,16)17;7-10(8,9)6-4-2-1-3-5-6/h1-5,11H,(H,12,13,14)(H,15,16,17);1-5H,(H,7,8,9). The molecule has 0 radical (unpaired) electrons. The van der Waals surface area contributed by atoms with Gasteiger partial charge in [0, 0.05) is 5.39 Å². The molecule has 156 valence electrons. The number of hydrogen-bond donors (Lipinski definition) is 4. The van der Waals surface area contributed by atoms with Gasteiger partial charge in [-0.3, -0.25) is 13.7 Å². The molecule has 10 nitrogen and oxygen atoms in total. The van der Waals surface area contributed by atoms with Crippen LogP contribution in [-0.4, -0.2) is 44.0 Å². The molecule has 0 atom stereocenters. The molecule has 3 rings (SSSR count). The van der Waals surface area contributed by atoms with Crippen molar-refractivity contribution in [1.29, 1.82) is 0 Å². The maximum atomic E-state index is 11.3. The summed E-state index contributed by atoms with van der Waals surface area (Å²) in [6, 6.07) is 13.4. The number of benzene rings is 3. The van der Waals surface area contributed by atoms with Gasteiger partial charge in [-0.1, -0.05) is 36.4 Å². The SMILES string of the molecule is O=S(=O)(O)c1ccc2cccc(O)c2c1S(=O)(=O)O.O=S(=O)(O)c1ccccc1. The van der Waals surface area contributed by atoms with E-state index in [2.05, 4.69) is 0 Å². The van der Waals surface area contributed by atoms with Crippen LogP contribution in [0, 0.1) is 0 Å². The lowest BCUT2D eigenvalue weighted by Gasteiger charge is -2.09. The minimum atomic E-state index is -4.96. The Labute approximate surface area is 166 Å². The maximum Gasteiger partial charge on any atom is 0.296 e. The van der Waals surface area contributed by atoms with Crippen molar-refractivity contribution >= 4 is 41.1 Å². The largest absolute Gasteiger partial charge is 0.507 e. The minimum Gasteiger partial charge on any atom is -0.507 e. The monoisotopic (exact) mass is 462 g/mol. The van der Waals surface area contributed by atoms with Crippen molar-refractivity contribution in [1.82, 2.24) is 0 Å². The van der Waals surface area contributed by atoms with Crippen LogP contribution in [0.5, 0.6) is 5.75 Å². The van der Waals surface area contributed by atoms with Gasteiger partial charge in [0.2, 0.25) is 0 Å². The van der Waals surface area contributed by atoms with Crippen LogP contribution < -0.4 is 0 Å². The highest BCUT2D eigenvalue weighted by Gasteiger charge is 2.27. The second-order valence-electron chi connectivity index (χ2n) is 5.51. The lowest BCUT2D eigenvalue weighted by Crippen LogP contribution is -2.09. The Morgan fingerprint density at radius 3 is 1.62 bits per heavy atom. The van der Waals surface area contributed by atoms with E-state index < -0.39 is 45.9 Å². The first kappa shape index (κ1) is 22.7. The molecule has 0 aliphatic carbocycles. The van der Waals surface area contributed by atoms with E-state index in [-0.39, 0.29) is 15.7 Å². The molecule has 0 bridgehead atoms. The lowest BCUT2D eigenvalue weighted by molar-refractivity contribution is 0.464. The smallest absolute Gasteiger partial charge is 0.296 e. The Bertz CT molecular complexity index is 1360. The maximum absolute atomic E-state index is 11.3. The average molecular weight is 462 g/mol. The van der Waals surface area contributed by atoms with Crippen LogP contribution in [0.2, 0.25) is 0 Å². The summed E-state index contributed by atoms with van der Waals surface area (Å²) in [4.78, 5) is -2.12. The Hall–Kier alpha value is -2.55. The molecule has 0 fully saturated rings. The number of phenols is 1. The van der Waals surface area contributed by atoms with E-state index in [1.54, 1.807) is 18.2 Å². The normalized spacial score (nSPS) is 12.2. The van der Waals surface area contributed by atoms with Crippen LogP contribution in [0.25, 0.3) is 10.8 Å². The van der Waals surface area contributed by atoms with Gasteiger partial charge in [-0.2, -0.15) is 25.3 Å². The molecule has 0 heterocycles. The topological polar surface area (TPSA) is 183 Å². The van der Waals surface area contributed by atoms with Gasteiger partial charge in [0.1, 0.15) is 15.5 Å². The van der Waals surface area contributed by atoms with E-state index >= 15 is 0 Å². The van der Waals surface area contributed by atoms with E-state index in [1.807, 2.05) is 0 Å². The van der Waals surface area contributed by atoms with Crippen molar-refractivity contribution in [3.8, 4) is 5.75 Å². The van der Waals surface area contributed by atoms with Crippen molar-refractivity contribution in [3.05, 3.63) is 60.7 Å². The fraction of sp³-hybridized carbons (Fsp3) is 0. The molecule has 0 saturated heterocycles. The Morgan fingerprint density at radius 2 is 1.17 bits per heavy atom. The van der Waals surface area contributed by atoms with Gasteiger partial charge in [-0.05, 0) is 29.7 Å². The molecule has 29 heavy (non-hydrogen) atoms. The minimum absolute atomic E-state index is 0.0741. The van der Waals surface area contributed by atoms with Crippen LogP contribution in [0.15, 0.2) is 75.4 Å². The molecule has 0 saturated carbocycles. The molecule has 0 aromatic heterocycles. The van der Waals surface area contributed by atoms with Gasteiger partial charge in [0.05, 0.1) is 4.90 Å². The zero-order valence-electron chi connectivity index (χ0n) is 14.2. The second kappa shape index (κ2) is 8.06. The molecule has 0 spiro atoms. The van der Waals surface area contributed by atoms with Crippen LogP contribution in [0.3, 0.4) is 0 Å². The predicted molar refractivity (Wildman–Crippen MR) is 101 cm³/mol. The fourth-order valence-corrected chi connectivity index (χ4v) is 4.87. The summed E-state index contributed by atoms with van der Waals surface area (Å²) in [6.07, 6.45) is 0. The van der Waals surface area contributed by atoms with Gasteiger partial charge >= 0.3 is 0 Å². The van der Waals surface area contributed by atoms with Gasteiger partial charge in [0.15, 0.2) is 0 Å². The Kier molecular flexibility index (Phi) is 6.32. The molecular weight excluding hydrogens is 448 g/mol. The van der Waals surface area contributed by atoms with E-state index in [0.717, 1.165) is 12.1 Å². The third-order valence-corrected chi connectivity index (χ3v) is 6.35. The molecule has 0 aliphatic heterocycles. The van der Waals surface area contributed by atoms with Crippen LogP contribution in [-0.2, 0) is 30.4 Å². The zero-order chi connectivity index (χ0) is 22.0. The summed E-state index contributed by atoms with van der Waals surface area (Å²) in [5.74, 6) is -0.532. The van der Waals surface area contributed by atoms with Gasteiger partial charge in [0.25, 0.3) is 30.4 Å². The first-order valence-electron chi connectivity index (χ1n) is 7.45. The Morgan fingerprint density at radius 1 is 0.586 bits per heavy atom. The van der Waals surface area contributed by atoms with Gasteiger partial charge in [-0.25, -0.2) is 0 Å². The highest BCUT2D eigenvalue weighted by Crippen LogP contribution is 2.35. The number of aromatic hydroxyl groups is 1. The van der Waals surface area contributed by atoms with Crippen molar-refractivity contribution < 1.29 is 44.0 Å². The molecule has 3 aromatic carbocycles. The lowest BCUT2D eigenvalue weighted by atomic mass is 10.1. The Balaban J connectivity index is 0.000000253. The van der Waals surface area contributed by atoms with Gasteiger partial charge < -0.3 is 5.11 Å². The second-order valence-corrected chi connectivity index (χ2v) is 9.68. The average Bonchev–Trinajstić information content (AvgIpc) is 2.60. The summed E-state index contributed by atoms with van der Waals surface area (Å²) in [6.45, 7) is 0. The van der Waals surface area contributed by atoms with E-state index in [9.17, 15) is 30.4 Å². The summed E-state index contributed by atoms with van der Waals surface area (Å²) in [5.41, 5.74) is 0. The van der Waals surface area contributed by atoms with Crippen LogP contribution in [0.4, 0.5) is 0 Å². The number of fused-ring (bicyclic) bond motifs is 1. The van der Waals surface area contributed by atoms with Crippen molar-refractivity contribution in [2.45, 2.75) is 14.7 Å². The fourth-order valence-electron chi connectivity index (χ4n) is 2.36. The molecule has 0 aliphatic rings. The highest BCUT2D eigenvalue weighted by molar-refractivity contribution is 7.89.